The highest BCUT2D eigenvalue weighted by Gasteiger charge is 2.27. The zero-order valence-corrected chi connectivity index (χ0v) is 8.88. The van der Waals surface area contributed by atoms with Gasteiger partial charge in [-0.05, 0) is 19.4 Å². The third-order valence-electron chi connectivity index (χ3n) is 2.82. The van der Waals surface area contributed by atoms with E-state index < -0.39 is 0 Å². The van der Waals surface area contributed by atoms with Gasteiger partial charge >= 0.3 is 0 Å². The predicted molar refractivity (Wildman–Crippen MR) is 56.5 cm³/mol. The zero-order chi connectivity index (χ0) is 9.84. The molecule has 0 radical (unpaired) electrons. The van der Waals surface area contributed by atoms with Gasteiger partial charge in [0.15, 0.2) is 0 Å². The largest absolute Gasteiger partial charge is 0.316 e. The highest BCUT2D eigenvalue weighted by Crippen LogP contribution is 2.17. The quantitative estimate of drug-likeness (QED) is 0.650. The van der Waals surface area contributed by atoms with Gasteiger partial charge in [-0.3, -0.25) is 4.90 Å². The maximum Gasteiger partial charge on any atom is 0.0735 e. The highest BCUT2D eigenvalue weighted by molar-refractivity contribution is 5.03. The summed E-state index contributed by atoms with van der Waals surface area (Å²) in [5.74, 6) is 3.44. The monoisotopic (exact) mass is 180 g/mol. The van der Waals surface area contributed by atoms with E-state index in [9.17, 15) is 0 Å². The van der Waals surface area contributed by atoms with Gasteiger partial charge in [0.05, 0.1) is 6.04 Å². The van der Waals surface area contributed by atoms with Crippen molar-refractivity contribution in [2.45, 2.75) is 32.4 Å². The number of rotatable bonds is 3. The second-order valence-corrected chi connectivity index (χ2v) is 4.12. The van der Waals surface area contributed by atoms with Crippen molar-refractivity contribution in [2.24, 2.45) is 5.92 Å². The van der Waals surface area contributed by atoms with Crippen LogP contribution < -0.4 is 5.32 Å². The summed E-state index contributed by atoms with van der Waals surface area (Å²) >= 11 is 0. The van der Waals surface area contributed by atoms with E-state index in [0.717, 1.165) is 13.1 Å². The summed E-state index contributed by atoms with van der Waals surface area (Å²) in [4.78, 5) is 2.41. The average molecular weight is 180 g/mol. The summed E-state index contributed by atoms with van der Waals surface area (Å²) < 4.78 is 0. The number of nitrogens with zero attached hydrogens (tertiary/aromatic N) is 1. The molecule has 2 heteroatoms. The van der Waals surface area contributed by atoms with Gasteiger partial charge in [0.25, 0.3) is 0 Å². The molecule has 1 heterocycles. The van der Waals surface area contributed by atoms with E-state index in [4.69, 9.17) is 6.42 Å². The van der Waals surface area contributed by atoms with Gasteiger partial charge in [-0.1, -0.05) is 19.8 Å². The molecule has 13 heavy (non-hydrogen) atoms. The second-order valence-electron chi connectivity index (χ2n) is 4.12. The Morgan fingerprint density at radius 2 is 2.23 bits per heavy atom. The molecular formula is C11H20N2. The molecule has 0 aliphatic carbocycles. The normalized spacial score (nSPS) is 26.2. The Labute approximate surface area is 81.7 Å². The van der Waals surface area contributed by atoms with E-state index in [2.05, 4.69) is 30.0 Å². The van der Waals surface area contributed by atoms with Crippen molar-refractivity contribution in [2.75, 3.05) is 20.1 Å². The van der Waals surface area contributed by atoms with Crippen LogP contribution in [0, 0.1) is 18.3 Å². The first kappa shape index (κ1) is 10.6. The van der Waals surface area contributed by atoms with Crippen molar-refractivity contribution in [3.05, 3.63) is 0 Å². The minimum absolute atomic E-state index is 0.318. The van der Waals surface area contributed by atoms with E-state index >= 15 is 0 Å². The van der Waals surface area contributed by atoms with Crippen molar-refractivity contribution in [3.63, 3.8) is 0 Å². The van der Waals surface area contributed by atoms with Crippen molar-refractivity contribution < 1.29 is 0 Å². The number of likely N-dealkylation sites (tertiary alicyclic amines) is 1. The summed E-state index contributed by atoms with van der Waals surface area (Å²) in [7, 11) is 2.02. The van der Waals surface area contributed by atoms with Gasteiger partial charge in [0.2, 0.25) is 0 Å². The Morgan fingerprint density at radius 1 is 1.54 bits per heavy atom. The van der Waals surface area contributed by atoms with Crippen molar-refractivity contribution >= 4 is 0 Å². The van der Waals surface area contributed by atoms with Gasteiger partial charge in [0, 0.05) is 19.1 Å². The van der Waals surface area contributed by atoms with Gasteiger partial charge in [-0.25, -0.2) is 0 Å². The third kappa shape index (κ3) is 2.46. The molecule has 1 saturated heterocycles. The molecule has 2 atom stereocenters. The third-order valence-corrected chi connectivity index (χ3v) is 2.82. The van der Waals surface area contributed by atoms with Crippen LogP contribution >= 0.6 is 0 Å². The Hall–Kier alpha value is -0.520. The number of likely N-dealkylation sites (N-methyl/N-ethyl adjacent to an activating group) is 1. The molecule has 0 bridgehead atoms. The van der Waals surface area contributed by atoms with Crippen LogP contribution in [-0.2, 0) is 0 Å². The summed E-state index contributed by atoms with van der Waals surface area (Å²) in [6.07, 6.45) is 6.75. The fourth-order valence-electron chi connectivity index (χ4n) is 2.00. The van der Waals surface area contributed by atoms with E-state index in [0.29, 0.717) is 18.0 Å². The maximum atomic E-state index is 5.53. The molecule has 1 fully saturated rings. The molecule has 0 aromatic rings. The molecule has 1 aliphatic heterocycles. The number of hydrogen-bond donors (Lipinski definition) is 1. The van der Waals surface area contributed by atoms with Crippen molar-refractivity contribution in [3.8, 4) is 12.3 Å². The number of hydrogen-bond acceptors (Lipinski definition) is 2. The fourth-order valence-corrected chi connectivity index (χ4v) is 2.00. The fraction of sp³-hybridized carbons (Fsp3) is 0.818. The smallest absolute Gasteiger partial charge is 0.0735 e. The van der Waals surface area contributed by atoms with Crippen LogP contribution in [0.2, 0.25) is 0 Å². The van der Waals surface area contributed by atoms with Crippen molar-refractivity contribution in [1.82, 2.24) is 10.2 Å². The van der Waals surface area contributed by atoms with Crippen LogP contribution in [0.5, 0.6) is 0 Å². The standard InChI is InChI=1S/C11H20N2/c1-5-11(9(2)3)13-7-6-10(8-13)12-4/h1,9-12H,6-8H2,2-4H3. The second kappa shape index (κ2) is 4.64. The lowest BCUT2D eigenvalue weighted by atomic mass is 10.0. The minimum Gasteiger partial charge on any atom is -0.316 e. The van der Waals surface area contributed by atoms with Gasteiger partial charge in [-0.2, -0.15) is 0 Å². The van der Waals surface area contributed by atoms with E-state index in [1.165, 1.54) is 6.42 Å². The van der Waals surface area contributed by atoms with Crippen LogP contribution in [0.4, 0.5) is 0 Å². The average Bonchev–Trinajstić information content (AvgIpc) is 2.53. The Morgan fingerprint density at radius 3 is 2.62 bits per heavy atom. The molecule has 2 unspecified atom stereocenters. The molecule has 1 N–H and O–H groups in total. The number of terminal acetylenes is 1. The molecule has 0 amide bonds. The molecule has 0 aromatic carbocycles. The highest BCUT2D eigenvalue weighted by atomic mass is 15.2. The van der Waals surface area contributed by atoms with Crippen LogP contribution in [0.1, 0.15) is 20.3 Å². The van der Waals surface area contributed by atoms with Crippen LogP contribution in [0.25, 0.3) is 0 Å². The SMILES string of the molecule is C#CC(C(C)C)N1CCC(NC)C1. The maximum absolute atomic E-state index is 5.53. The van der Waals surface area contributed by atoms with Crippen LogP contribution in [0.3, 0.4) is 0 Å². The Kier molecular flexibility index (Phi) is 3.77. The molecule has 2 nitrogen and oxygen atoms in total. The van der Waals surface area contributed by atoms with E-state index in [-0.39, 0.29) is 0 Å². The minimum atomic E-state index is 0.318. The van der Waals surface area contributed by atoms with E-state index in [1.807, 2.05) is 7.05 Å². The topological polar surface area (TPSA) is 15.3 Å². The molecule has 0 aromatic heterocycles. The van der Waals surface area contributed by atoms with Crippen LogP contribution in [0.15, 0.2) is 0 Å². The molecule has 1 rings (SSSR count). The van der Waals surface area contributed by atoms with Gasteiger partial charge in [-0.15, -0.1) is 6.42 Å². The van der Waals surface area contributed by atoms with E-state index in [1.54, 1.807) is 0 Å². The first-order valence-electron chi connectivity index (χ1n) is 5.06. The predicted octanol–water partition coefficient (Wildman–Crippen LogP) is 0.938. The molecule has 0 spiro atoms. The lowest BCUT2D eigenvalue weighted by Gasteiger charge is -2.26. The summed E-state index contributed by atoms with van der Waals surface area (Å²) in [6.45, 7) is 6.62. The Bertz CT molecular complexity index is 193. The Balaban J connectivity index is 2.49. The first-order chi connectivity index (χ1) is 6.19. The first-order valence-corrected chi connectivity index (χ1v) is 5.06. The lowest BCUT2D eigenvalue weighted by Crippen LogP contribution is -2.38. The lowest BCUT2D eigenvalue weighted by molar-refractivity contribution is 0.237. The van der Waals surface area contributed by atoms with Crippen LogP contribution in [-0.4, -0.2) is 37.1 Å². The summed E-state index contributed by atoms with van der Waals surface area (Å²) in [6, 6.07) is 0.952. The molecular weight excluding hydrogens is 160 g/mol. The summed E-state index contributed by atoms with van der Waals surface area (Å²) in [5, 5.41) is 3.30. The summed E-state index contributed by atoms with van der Waals surface area (Å²) in [5.41, 5.74) is 0. The number of nitrogens with one attached hydrogen (secondary N) is 1. The zero-order valence-electron chi connectivity index (χ0n) is 8.88. The molecule has 1 aliphatic rings. The molecule has 0 saturated carbocycles. The van der Waals surface area contributed by atoms with Gasteiger partial charge in [0.1, 0.15) is 0 Å². The molecule has 74 valence electrons. The van der Waals surface area contributed by atoms with Gasteiger partial charge < -0.3 is 5.32 Å². The van der Waals surface area contributed by atoms with Crippen molar-refractivity contribution in [1.29, 1.82) is 0 Å².